The number of hydrogen-bond acceptors (Lipinski definition) is 4. The number of ether oxygens (including phenoxy) is 1. The van der Waals surface area contributed by atoms with Crippen molar-refractivity contribution < 1.29 is 17.9 Å². The van der Waals surface area contributed by atoms with Gasteiger partial charge >= 0.3 is 0 Å². The molecule has 1 aromatic heterocycles. The Morgan fingerprint density at radius 2 is 2.04 bits per heavy atom. The molecule has 0 aliphatic carbocycles. The Bertz CT molecular complexity index is 796. The van der Waals surface area contributed by atoms with E-state index >= 15 is 0 Å². The SMILES string of the molecule is CCOc1ccc2cc(C(=O)N[C@@H](C)CS(=O)(=O)CC)[nH]c2c1. The highest BCUT2D eigenvalue weighted by Gasteiger charge is 2.17. The van der Waals surface area contributed by atoms with Gasteiger partial charge in [-0.2, -0.15) is 0 Å². The Kier molecular flexibility index (Phi) is 5.30. The van der Waals surface area contributed by atoms with Crippen molar-refractivity contribution in [2.45, 2.75) is 26.8 Å². The van der Waals surface area contributed by atoms with Crippen LogP contribution in [0.3, 0.4) is 0 Å². The molecule has 1 aromatic carbocycles. The van der Waals surface area contributed by atoms with Crippen LogP contribution in [0.25, 0.3) is 10.9 Å². The number of carbonyl (C=O) groups is 1. The molecule has 0 unspecified atom stereocenters. The second-order valence-corrected chi connectivity index (χ2v) is 7.84. The van der Waals surface area contributed by atoms with Gasteiger partial charge in [-0.3, -0.25) is 4.79 Å². The van der Waals surface area contributed by atoms with E-state index in [4.69, 9.17) is 4.74 Å². The van der Waals surface area contributed by atoms with Crippen LogP contribution in [-0.4, -0.2) is 43.5 Å². The first-order valence-electron chi connectivity index (χ1n) is 7.61. The fourth-order valence-electron chi connectivity index (χ4n) is 2.33. The Labute approximate surface area is 136 Å². The monoisotopic (exact) mass is 338 g/mol. The third-order valence-corrected chi connectivity index (χ3v) is 5.36. The summed E-state index contributed by atoms with van der Waals surface area (Å²) in [6.45, 7) is 5.75. The van der Waals surface area contributed by atoms with E-state index in [0.29, 0.717) is 12.3 Å². The molecule has 23 heavy (non-hydrogen) atoms. The summed E-state index contributed by atoms with van der Waals surface area (Å²) in [6, 6.07) is 6.84. The van der Waals surface area contributed by atoms with Gasteiger partial charge in [-0.25, -0.2) is 8.42 Å². The summed E-state index contributed by atoms with van der Waals surface area (Å²) in [5.41, 5.74) is 1.20. The van der Waals surface area contributed by atoms with Gasteiger partial charge in [0.2, 0.25) is 0 Å². The zero-order valence-electron chi connectivity index (χ0n) is 13.5. The Hall–Kier alpha value is -2.02. The first-order chi connectivity index (χ1) is 10.8. The molecule has 1 amide bonds. The maximum absolute atomic E-state index is 12.2. The van der Waals surface area contributed by atoms with E-state index < -0.39 is 15.9 Å². The standard InChI is InChI=1S/C16H22N2O4S/c1-4-22-13-7-6-12-8-15(18-14(12)9-13)16(19)17-11(3)10-23(20,21)5-2/h6-9,11,18H,4-5,10H2,1-3H3,(H,17,19)/t11-/m0/s1. The van der Waals surface area contributed by atoms with Crippen molar-refractivity contribution in [3.8, 4) is 5.75 Å². The maximum atomic E-state index is 12.2. The first kappa shape index (κ1) is 17.3. The van der Waals surface area contributed by atoms with Crippen LogP contribution in [-0.2, 0) is 9.84 Å². The smallest absolute Gasteiger partial charge is 0.267 e. The Morgan fingerprint density at radius 3 is 2.70 bits per heavy atom. The van der Waals surface area contributed by atoms with Crippen LogP contribution in [0, 0.1) is 0 Å². The fraction of sp³-hybridized carbons (Fsp3) is 0.438. The molecule has 0 fully saturated rings. The minimum atomic E-state index is -3.12. The highest BCUT2D eigenvalue weighted by Crippen LogP contribution is 2.21. The molecule has 2 rings (SSSR count). The van der Waals surface area contributed by atoms with Gasteiger partial charge in [-0.1, -0.05) is 6.92 Å². The number of amides is 1. The number of hydrogen-bond donors (Lipinski definition) is 2. The van der Waals surface area contributed by atoms with Crippen molar-refractivity contribution in [3.05, 3.63) is 30.0 Å². The minimum Gasteiger partial charge on any atom is -0.494 e. The summed E-state index contributed by atoms with van der Waals surface area (Å²) in [7, 11) is -3.12. The summed E-state index contributed by atoms with van der Waals surface area (Å²) in [5.74, 6) is 0.415. The molecule has 1 heterocycles. The molecular formula is C16H22N2O4S. The van der Waals surface area contributed by atoms with Crippen LogP contribution in [0.1, 0.15) is 31.3 Å². The minimum absolute atomic E-state index is 0.0655. The largest absolute Gasteiger partial charge is 0.494 e. The Morgan fingerprint density at radius 1 is 1.30 bits per heavy atom. The molecule has 0 saturated heterocycles. The van der Waals surface area contributed by atoms with Gasteiger partial charge in [0.25, 0.3) is 5.91 Å². The highest BCUT2D eigenvalue weighted by atomic mass is 32.2. The van der Waals surface area contributed by atoms with Crippen LogP contribution in [0.2, 0.25) is 0 Å². The van der Waals surface area contributed by atoms with Crippen molar-refractivity contribution in [1.82, 2.24) is 10.3 Å². The number of nitrogens with one attached hydrogen (secondary N) is 2. The van der Waals surface area contributed by atoms with Crippen molar-refractivity contribution >= 4 is 26.6 Å². The van der Waals surface area contributed by atoms with Crippen LogP contribution in [0.4, 0.5) is 0 Å². The third kappa shape index (κ3) is 4.48. The lowest BCUT2D eigenvalue weighted by molar-refractivity contribution is 0.0939. The lowest BCUT2D eigenvalue weighted by atomic mass is 10.2. The molecule has 0 bridgehead atoms. The topological polar surface area (TPSA) is 88.3 Å². The van der Waals surface area contributed by atoms with Crippen molar-refractivity contribution in [2.24, 2.45) is 0 Å². The number of aromatic nitrogens is 1. The van der Waals surface area contributed by atoms with Gasteiger partial charge in [-0.05, 0) is 32.0 Å². The number of benzene rings is 1. The predicted octanol–water partition coefficient (Wildman–Crippen LogP) is 2.12. The summed E-state index contributed by atoms with van der Waals surface area (Å²) in [5, 5.41) is 3.60. The second kappa shape index (κ2) is 7.04. The molecule has 0 saturated carbocycles. The number of rotatable bonds is 7. The lowest BCUT2D eigenvalue weighted by Crippen LogP contribution is -2.38. The van der Waals surface area contributed by atoms with Gasteiger partial charge in [-0.15, -0.1) is 0 Å². The molecule has 0 radical (unpaired) electrons. The van der Waals surface area contributed by atoms with Gasteiger partial charge in [0.15, 0.2) is 9.84 Å². The van der Waals surface area contributed by atoms with Crippen LogP contribution in [0.5, 0.6) is 5.75 Å². The number of H-pyrrole nitrogens is 1. The predicted molar refractivity (Wildman–Crippen MR) is 90.7 cm³/mol. The molecular weight excluding hydrogens is 316 g/mol. The van der Waals surface area contributed by atoms with Crippen molar-refractivity contribution in [1.29, 1.82) is 0 Å². The first-order valence-corrected chi connectivity index (χ1v) is 9.43. The van der Waals surface area contributed by atoms with E-state index in [0.717, 1.165) is 16.7 Å². The van der Waals surface area contributed by atoms with Crippen molar-refractivity contribution in [3.63, 3.8) is 0 Å². The molecule has 2 aromatic rings. The van der Waals surface area contributed by atoms with Crippen LogP contribution in [0.15, 0.2) is 24.3 Å². The number of carbonyl (C=O) groups excluding carboxylic acids is 1. The van der Waals surface area contributed by atoms with E-state index in [9.17, 15) is 13.2 Å². The highest BCUT2D eigenvalue weighted by molar-refractivity contribution is 7.91. The zero-order chi connectivity index (χ0) is 17.0. The summed E-state index contributed by atoms with van der Waals surface area (Å²) >= 11 is 0. The fourth-order valence-corrected chi connectivity index (χ4v) is 3.41. The quantitative estimate of drug-likeness (QED) is 0.809. The second-order valence-electron chi connectivity index (χ2n) is 5.44. The van der Waals surface area contributed by atoms with Crippen LogP contribution < -0.4 is 10.1 Å². The summed E-state index contributed by atoms with van der Waals surface area (Å²) in [6.07, 6.45) is 0. The number of fused-ring (bicyclic) bond motifs is 1. The molecule has 0 spiro atoms. The average Bonchev–Trinajstić information content (AvgIpc) is 2.90. The Balaban J connectivity index is 2.11. The van der Waals surface area contributed by atoms with E-state index in [1.165, 1.54) is 0 Å². The normalized spacial score (nSPS) is 13.0. The molecule has 2 N–H and O–H groups in total. The van der Waals surface area contributed by atoms with Gasteiger partial charge in [0.05, 0.1) is 12.4 Å². The average molecular weight is 338 g/mol. The number of aromatic amines is 1. The molecule has 126 valence electrons. The summed E-state index contributed by atoms with van der Waals surface area (Å²) < 4.78 is 28.6. The number of sulfone groups is 1. The van der Waals surface area contributed by atoms with Crippen molar-refractivity contribution in [2.75, 3.05) is 18.1 Å². The molecule has 1 atom stereocenters. The lowest BCUT2D eigenvalue weighted by Gasteiger charge is -2.12. The maximum Gasteiger partial charge on any atom is 0.267 e. The van der Waals surface area contributed by atoms with E-state index in [1.807, 2.05) is 25.1 Å². The van der Waals surface area contributed by atoms with E-state index in [1.54, 1.807) is 19.9 Å². The van der Waals surface area contributed by atoms with Crippen LogP contribution >= 0.6 is 0 Å². The van der Waals surface area contributed by atoms with Gasteiger partial charge in [0, 0.05) is 28.8 Å². The van der Waals surface area contributed by atoms with E-state index in [-0.39, 0.29) is 17.4 Å². The van der Waals surface area contributed by atoms with E-state index in [2.05, 4.69) is 10.3 Å². The molecule has 6 nitrogen and oxygen atoms in total. The molecule has 0 aliphatic heterocycles. The molecule has 7 heteroatoms. The zero-order valence-corrected chi connectivity index (χ0v) is 14.4. The third-order valence-electron chi connectivity index (χ3n) is 3.47. The van der Waals surface area contributed by atoms with Gasteiger partial charge in [0.1, 0.15) is 11.4 Å². The van der Waals surface area contributed by atoms with Gasteiger partial charge < -0.3 is 15.0 Å². The molecule has 0 aliphatic rings. The summed E-state index contributed by atoms with van der Waals surface area (Å²) in [4.78, 5) is 15.3.